The molecule has 6 nitrogen and oxygen atoms in total. The lowest BCUT2D eigenvalue weighted by Gasteiger charge is -2.21. The number of amides is 1. The van der Waals surface area contributed by atoms with Crippen molar-refractivity contribution in [3.05, 3.63) is 29.8 Å². The van der Waals surface area contributed by atoms with Crippen molar-refractivity contribution in [3.63, 3.8) is 0 Å². The predicted molar refractivity (Wildman–Crippen MR) is 75.3 cm³/mol. The number of aliphatic hydroxyl groups excluding tert-OH is 1. The summed E-state index contributed by atoms with van der Waals surface area (Å²) in [5.74, 6) is -0.840. The Bertz CT molecular complexity index is 525. The normalized spacial score (nSPS) is 21.6. The molecule has 1 heterocycles. The molecule has 0 unspecified atom stereocenters. The lowest BCUT2D eigenvalue weighted by atomic mass is 10.1. The minimum absolute atomic E-state index is 0.0386. The topological polar surface area (TPSA) is 87.1 Å². The van der Waals surface area contributed by atoms with E-state index in [-0.39, 0.29) is 19.1 Å². The van der Waals surface area contributed by atoms with Gasteiger partial charge in [0.05, 0.1) is 12.2 Å². The Labute approximate surface area is 122 Å². The summed E-state index contributed by atoms with van der Waals surface area (Å²) in [6.07, 6.45) is -0.689. The van der Waals surface area contributed by atoms with Crippen LogP contribution >= 0.6 is 0 Å². The number of carbonyl (C=O) groups excluding carboxylic acids is 1. The minimum atomic E-state index is -1.10. The lowest BCUT2D eigenvalue weighted by Crippen LogP contribution is -2.40. The summed E-state index contributed by atoms with van der Waals surface area (Å²) < 4.78 is 5.49. The van der Waals surface area contributed by atoms with E-state index in [1.807, 2.05) is 13.8 Å². The zero-order valence-corrected chi connectivity index (χ0v) is 12.0. The highest BCUT2D eigenvalue weighted by Gasteiger charge is 2.39. The van der Waals surface area contributed by atoms with Crippen LogP contribution in [0.3, 0.4) is 0 Å². The largest absolute Gasteiger partial charge is 0.491 e. The second-order valence-corrected chi connectivity index (χ2v) is 5.39. The average molecular weight is 293 g/mol. The Hall–Kier alpha value is -2.08. The van der Waals surface area contributed by atoms with Gasteiger partial charge in [0.25, 0.3) is 5.91 Å². The van der Waals surface area contributed by atoms with E-state index in [2.05, 4.69) is 0 Å². The van der Waals surface area contributed by atoms with Gasteiger partial charge in [-0.05, 0) is 38.1 Å². The zero-order chi connectivity index (χ0) is 15.6. The summed E-state index contributed by atoms with van der Waals surface area (Å²) in [5, 5.41) is 18.7. The molecule has 1 aliphatic heterocycles. The summed E-state index contributed by atoms with van der Waals surface area (Å²) in [6.45, 7) is 3.85. The van der Waals surface area contributed by atoms with E-state index in [1.165, 1.54) is 4.90 Å². The average Bonchev–Trinajstić information content (AvgIpc) is 2.80. The van der Waals surface area contributed by atoms with Crippen LogP contribution in [0, 0.1) is 0 Å². The Morgan fingerprint density at radius 1 is 1.29 bits per heavy atom. The number of nitrogens with zero attached hydrogens (tertiary/aromatic N) is 1. The fourth-order valence-corrected chi connectivity index (χ4v) is 2.39. The van der Waals surface area contributed by atoms with Crippen LogP contribution in [-0.2, 0) is 4.79 Å². The van der Waals surface area contributed by atoms with Crippen molar-refractivity contribution in [1.29, 1.82) is 0 Å². The lowest BCUT2D eigenvalue weighted by molar-refractivity contribution is -0.141. The molecule has 0 bridgehead atoms. The third-order valence-electron chi connectivity index (χ3n) is 3.30. The summed E-state index contributed by atoms with van der Waals surface area (Å²) in [7, 11) is 0. The first-order chi connectivity index (χ1) is 9.88. The first kappa shape index (κ1) is 15.3. The first-order valence-corrected chi connectivity index (χ1v) is 6.87. The van der Waals surface area contributed by atoms with Crippen LogP contribution in [-0.4, -0.2) is 51.8 Å². The number of carbonyl (C=O) groups is 2. The highest BCUT2D eigenvalue weighted by Crippen LogP contribution is 2.22. The standard InChI is InChI=1S/C15H19NO5/c1-9(2)21-12-5-3-10(4-6-12)14(18)16-8-11(17)7-13(16)15(19)20/h3-6,9,11,13,17H,7-8H2,1-2H3,(H,19,20)/t11-,13-/m1/s1. The van der Waals surface area contributed by atoms with Gasteiger partial charge in [0.1, 0.15) is 11.8 Å². The molecule has 1 aromatic carbocycles. The molecule has 1 amide bonds. The maximum absolute atomic E-state index is 12.4. The summed E-state index contributed by atoms with van der Waals surface area (Å²) in [5.41, 5.74) is 0.381. The Morgan fingerprint density at radius 2 is 1.90 bits per heavy atom. The predicted octanol–water partition coefficient (Wildman–Crippen LogP) is 1.13. The van der Waals surface area contributed by atoms with Crippen LogP contribution in [0.1, 0.15) is 30.6 Å². The number of aliphatic hydroxyl groups is 1. The molecule has 0 radical (unpaired) electrons. The van der Waals surface area contributed by atoms with E-state index in [9.17, 15) is 14.7 Å². The fraction of sp³-hybridized carbons (Fsp3) is 0.467. The third kappa shape index (κ3) is 3.52. The molecule has 114 valence electrons. The van der Waals surface area contributed by atoms with E-state index in [1.54, 1.807) is 24.3 Å². The van der Waals surface area contributed by atoms with Crippen LogP contribution < -0.4 is 4.74 Å². The number of carboxylic acid groups (broad SMARTS) is 1. The highest BCUT2D eigenvalue weighted by atomic mass is 16.5. The second-order valence-electron chi connectivity index (χ2n) is 5.39. The van der Waals surface area contributed by atoms with Crippen molar-refractivity contribution < 1.29 is 24.5 Å². The Morgan fingerprint density at radius 3 is 2.43 bits per heavy atom. The van der Waals surface area contributed by atoms with E-state index >= 15 is 0 Å². The second kappa shape index (κ2) is 6.13. The van der Waals surface area contributed by atoms with Crippen molar-refractivity contribution in [3.8, 4) is 5.75 Å². The number of ether oxygens (including phenoxy) is 1. The molecule has 0 aliphatic carbocycles. The molecule has 1 aromatic rings. The molecule has 1 fully saturated rings. The van der Waals surface area contributed by atoms with Crippen LogP contribution in [0.15, 0.2) is 24.3 Å². The summed E-state index contributed by atoms with van der Waals surface area (Å²) in [6, 6.07) is 5.58. The van der Waals surface area contributed by atoms with Crippen LogP contribution in [0.2, 0.25) is 0 Å². The van der Waals surface area contributed by atoms with Crippen molar-refractivity contribution in [1.82, 2.24) is 4.90 Å². The van der Waals surface area contributed by atoms with Gasteiger partial charge in [-0.1, -0.05) is 0 Å². The van der Waals surface area contributed by atoms with E-state index in [4.69, 9.17) is 9.84 Å². The number of likely N-dealkylation sites (tertiary alicyclic amines) is 1. The molecule has 1 aliphatic rings. The number of benzene rings is 1. The summed E-state index contributed by atoms with van der Waals surface area (Å²) in [4.78, 5) is 24.7. The third-order valence-corrected chi connectivity index (χ3v) is 3.30. The molecule has 2 N–H and O–H groups in total. The molecule has 0 aromatic heterocycles. The number of hydrogen-bond acceptors (Lipinski definition) is 4. The maximum Gasteiger partial charge on any atom is 0.326 e. The van der Waals surface area contributed by atoms with Gasteiger partial charge in [0.2, 0.25) is 0 Å². The smallest absolute Gasteiger partial charge is 0.326 e. The quantitative estimate of drug-likeness (QED) is 0.869. The molecule has 2 rings (SSSR count). The van der Waals surface area contributed by atoms with E-state index in [0.29, 0.717) is 11.3 Å². The Kier molecular flexibility index (Phi) is 4.47. The molecular formula is C15H19NO5. The molecule has 1 saturated heterocycles. The van der Waals surface area contributed by atoms with Gasteiger partial charge in [-0.3, -0.25) is 4.79 Å². The van der Waals surface area contributed by atoms with Gasteiger partial charge in [-0.25, -0.2) is 4.79 Å². The fourth-order valence-electron chi connectivity index (χ4n) is 2.39. The first-order valence-electron chi connectivity index (χ1n) is 6.87. The zero-order valence-electron chi connectivity index (χ0n) is 12.0. The highest BCUT2D eigenvalue weighted by molar-refractivity contribution is 5.97. The van der Waals surface area contributed by atoms with Gasteiger partial charge < -0.3 is 19.8 Å². The minimum Gasteiger partial charge on any atom is -0.491 e. The maximum atomic E-state index is 12.4. The molecular weight excluding hydrogens is 274 g/mol. The molecule has 0 spiro atoms. The van der Waals surface area contributed by atoms with Crippen molar-refractivity contribution in [2.45, 2.75) is 38.5 Å². The number of carboxylic acids is 1. The number of rotatable bonds is 4. The van der Waals surface area contributed by atoms with Crippen molar-refractivity contribution in [2.24, 2.45) is 0 Å². The molecule has 21 heavy (non-hydrogen) atoms. The van der Waals surface area contributed by atoms with Crippen molar-refractivity contribution >= 4 is 11.9 Å². The van der Waals surface area contributed by atoms with Gasteiger partial charge >= 0.3 is 5.97 Å². The van der Waals surface area contributed by atoms with Gasteiger partial charge in [-0.2, -0.15) is 0 Å². The molecule has 0 saturated carbocycles. The van der Waals surface area contributed by atoms with Gasteiger partial charge in [0, 0.05) is 18.5 Å². The van der Waals surface area contributed by atoms with Gasteiger partial charge in [0.15, 0.2) is 0 Å². The SMILES string of the molecule is CC(C)Oc1ccc(C(=O)N2C[C@H](O)C[C@@H]2C(=O)O)cc1. The van der Waals surface area contributed by atoms with E-state index < -0.39 is 24.0 Å². The number of hydrogen-bond donors (Lipinski definition) is 2. The van der Waals surface area contributed by atoms with Crippen LogP contribution in [0.4, 0.5) is 0 Å². The van der Waals surface area contributed by atoms with Crippen LogP contribution in [0.25, 0.3) is 0 Å². The monoisotopic (exact) mass is 293 g/mol. The van der Waals surface area contributed by atoms with Crippen LogP contribution in [0.5, 0.6) is 5.75 Å². The Balaban J connectivity index is 2.14. The molecule has 2 atom stereocenters. The summed E-state index contributed by atoms with van der Waals surface area (Å²) >= 11 is 0. The van der Waals surface area contributed by atoms with E-state index in [0.717, 1.165) is 0 Å². The molecule has 6 heteroatoms. The number of aliphatic carboxylic acids is 1. The number of β-amino-alcohol motifs (C(OH)–C–C–N with tert-alkyl or cyclic N) is 1. The van der Waals surface area contributed by atoms with Crippen molar-refractivity contribution in [2.75, 3.05) is 6.54 Å². The van der Waals surface area contributed by atoms with Gasteiger partial charge in [-0.15, -0.1) is 0 Å².